The highest BCUT2D eigenvalue weighted by molar-refractivity contribution is 5.89. The van der Waals surface area contributed by atoms with Gasteiger partial charge in [0.05, 0.1) is 30.8 Å². The van der Waals surface area contributed by atoms with Crippen molar-refractivity contribution in [2.24, 2.45) is 0 Å². The van der Waals surface area contributed by atoms with Gasteiger partial charge in [-0.1, -0.05) is 12.1 Å². The van der Waals surface area contributed by atoms with Crippen LogP contribution in [0, 0.1) is 0 Å². The highest BCUT2D eigenvalue weighted by atomic mass is 16.5. The largest absolute Gasteiger partial charge is 0.497 e. The molecule has 1 aliphatic heterocycles. The maximum Gasteiger partial charge on any atom is 0.319 e. The van der Waals surface area contributed by atoms with Crippen LogP contribution >= 0.6 is 0 Å². The summed E-state index contributed by atoms with van der Waals surface area (Å²) in [4.78, 5) is 16.8. The summed E-state index contributed by atoms with van der Waals surface area (Å²) in [6, 6.07) is 14.9. The molecule has 0 radical (unpaired) electrons. The van der Waals surface area contributed by atoms with Gasteiger partial charge >= 0.3 is 6.03 Å². The van der Waals surface area contributed by atoms with Crippen molar-refractivity contribution in [3.63, 3.8) is 0 Å². The third kappa shape index (κ3) is 3.21. The first-order valence-corrected chi connectivity index (χ1v) is 8.47. The molecular weight excluding hydrogens is 332 g/mol. The Morgan fingerprint density at radius 3 is 2.88 bits per heavy atom. The molecule has 1 aromatic heterocycles. The molecule has 0 bridgehead atoms. The molecule has 0 spiro atoms. The quantitative estimate of drug-likeness (QED) is 0.757. The van der Waals surface area contributed by atoms with Crippen LogP contribution in [-0.4, -0.2) is 35.8 Å². The lowest BCUT2D eigenvalue weighted by atomic mass is 10.2. The van der Waals surface area contributed by atoms with Gasteiger partial charge in [-0.3, -0.25) is 0 Å². The van der Waals surface area contributed by atoms with Crippen molar-refractivity contribution in [2.75, 3.05) is 25.6 Å². The van der Waals surface area contributed by atoms with Crippen LogP contribution in [-0.2, 0) is 11.3 Å². The Balaban J connectivity index is 1.43. The van der Waals surface area contributed by atoms with Gasteiger partial charge < -0.3 is 24.7 Å². The average molecular weight is 352 g/mol. The second-order valence-electron chi connectivity index (χ2n) is 6.12. The first kappa shape index (κ1) is 16.4. The van der Waals surface area contributed by atoms with Gasteiger partial charge in [-0.05, 0) is 36.4 Å². The van der Waals surface area contributed by atoms with Crippen LogP contribution in [0.15, 0.2) is 48.5 Å². The second kappa shape index (κ2) is 7.05. The fourth-order valence-corrected chi connectivity index (χ4v) is 3.17. The highest BCUT2D eigenvalue weighted by Gasteiger charge is 2.24. The van der Waals surface area contributed by atoms with E-state index in [-0.39, 0.29) is 12.1 Å². The summed E-state index contributed by atoms with van der Waals surface area (Å²) >= 11 is 0. The number of urea groups is 1. The minimum Gasteiger partial charge on any atom is -0.497 e. The monoisotopic (exact) mass is 352 g/mol. The highest BCUT2D eigenvalue weighted by Crippen LogP contribution is 2.25. The van der Waals surface area contributed by atoms with Crippen LogP contribution in [0.1, 0.15) is 11.9 Å². The van der Waals surface area contributed by atoms with E-state index >= 15 is 0 Å². The van der Waals surface area contributed by atoms with Gasteiger partial charge in [0.2, 0.25) is 0 Å². The Hall–Kier alpha value is -3.06. The Kier molecular flexibility index (Phi) is 4.45. The molecule has 1 aliphatic rings. The number of rotatable bonds is 4. The molecule has 1 unspecified atom stereocenters. The number of aromatic nitrogens is 2. The molecular formula is C19H20N4O3. The van der Waals surface area contributed by atoms with Crippen molar-refractivity contribution in [1.82, 2.24) is 14.9 Å². The Morgan fingerprint density at radius 1 is 1.27 bits per heavy atom. The molecule has 0 saturated carbocycles. The molecule has 0 aliphatic carbocycles. The van der Waals surface area contributed by atoms with E-state index in [2.05, 4.69) is 20.2 Å². The molecule has 3 aromatic rings. The number of carbonyl (C=O) groups excluding carboxylic acids is 1. The van der Waals surface area contributed by atoms with E-state index in [1.165, 1.54) is 0 Å². The number of benzene rings is 2. The lowest BCUT2D eigenvalue weighted by Gasteiger charge is -2.26. The van der Waals surface area contributed by atoms with Crippen molar-refractivity contribution in [3.05, 3.63) is 54.4 Å². The average Bonchev–Trinajstić information content (AvgIpc) is 3.06. The third-order valence-electron chi connectivity index (χ3n) is 4.42. The van der Waals surface area contributed by atoms with Crippen LogP contribution in [0.25, 0.3) is 11.0 Å². The van der Waals surface area contributed by atoms with Crippen molar-refractivity contribution >= 4 is 22.8 Å². The van der Waals surface area contributed by atoms with E-state index in [9.17, 15) is 4.79 Å². The first-order chi connectivity index (χ1) is 12.7. The number of amides is 2. The smallest absolute Gasteiger partial charge is 0.319 e. The van der Waals surface area contributed by atoms with Gasteiger partial charge in [0.15, 0.2) is 0 Å². The fourth-order valence-electron chi connectivity index (χ4n) is 3.17. The summed E-state index contributed by atoms with van der Waals surface area (Å²) in [6.07, 6.45) is 0. The lowest BCUT2D eigenvalue weighted by Crippen LogP contribution is -2.37. The summed E-state index contributed by atoms with van der Waals surface area (Å²) in [7, 11) is 1.61. The van der Waals surface area contributed by atoms with Crippen molar-refractivity contribution < 1.29 is 14.3 Å². The van der Waals surface area contributed by atoms with E-state index in [0.717, 1.165) is 22.6 Å². The molecule has 2 aromatic carbocycles. The molecule has 7 nitrogen and oxygen atoms in total. The summed E-state index contributed by atoms with van der Waals surface area (Å²) in [5.74, 6) is 1.63. The number of carbonyl (C=O) groups is 1. The van der Waals surface area contributed by atoms with Crippen LogP contribution in [0.3, 0.4) is 0 Å². The fraction of sp³-hybridized carbons (Fsp3) is 0.263. The SMILES string of the molecule is COc1ccc(NC(=O)NCC2COCc3nc4ccccc4n32)cc1. The summed E-state index contributed by atoms with van der Waals surface area (Å²) in [5, 5.41) is 5.73. The van der Waals surface area contributed by atoms with E-state index in [1.54, 1.807) is 31.4 Å². The lowest BCUT2D eigenvalue weighted by molar-refractivity contribution is 0.0573. The predicted octanol–water partition coefficient (Wildman–Crippen LogP) is 2.94. The van der Waals surface area contributed by atoms with Gasteiger partial charge in [0.1, 0.15) is 18.2 Å². The molecule has 2 heterocycles. The summed E-state index contributed by atoms with van der Waals surface area (Å²) < 4.78 is 12.9. The first-order valence-electron chi connectivity index (χ1n) is 8.47. The van der Waals surface area contributed by atoms with Gasteiger partial charge in [-0.25, -0.2) is 9.78 Å². The molecule has 7 heteroatoms. The number of ether oxygens (including phenoxy) is 2. The van der Waals surface area contributed by atoms with Crippen molar-refractivity contribution in [3.8, 4) is 5.75 Å². The number of nitrogens with zero attached hydrogens (tertiary/aromatic N) is 2. The molecule has 26 heavy (non-hydrogen) atoms. The van der Waals surface area contributed by atoms with Crippen LogP contribution < -0.4 is 15.4 Å². The Bertz CT molecular complexity index is 920. The van der Waals surface area contributed by atoms with E-state index in [4.69, 9.17) is 9.47 Å². The van der Waals surface area contributed by atoms with Crippen LogP contribution in [0.5, 0.6) is 5.75 Å². The number of anilines is 1. The standard InChI is InChI=1S/C19H20N4O3/c1-25-15-8-6-13(7-9-15)21-19(24)20-10-14-11-26-12-18-22-16-4-2-3-5-17(16)23(14)18/h2-9,14H,10-12H2,1H3,(H2,20,21,24). The van der Waals surface area contributed by atoms with Gasteiger partial charge in [0, 0.05) is 12.2 Å². The molecule has 2 amide bonds. The van der Waals surface area contributed by atoms with E-state index in [1.807, 2.05) is 24.3 Å². The molecule has 134 valence electrons. The van der Waals surface area contributed by atoms with Crippen LogP contribution in [0.2, 0.25) is 0 Å². The summed E-state index contributed by atoms with van der Waals surface area (Å²) in [6.45, 7) is 1.48. The molecule has 1 atom stereocenters. The number of imidazole rings is 1. The van der Waals surface area contributed by atoms with Gasteiger partial charge in [0.25, 0.3) is 0 Å². The minimum atomic E-state index is -0.258. The summed E-state index contributed by atoms with van der Waals surface area (Å²) in [5.41, 5.74) is 2.71. The van der Waals surface area contributed by atoms with E-state index < -0.39 is 0 Å². The van der Waals surface area contributed by atoms with Crippen LogP contribution in [0.4, 0.5) is 10.5 Å². The topological polar surface area (TPSA) is 77.4 Å². The van der Waals surface area contributed by atoms with Gasteiger partial charge in [-0.2, -0.15) is 0 Å². The minimum absolute atomic E-state index is 0.00719. The molecule has 4 rings (SSSR count). The van der Waals surface area contributed by atoms with Gasteiger partial charge in [-0.15, -0.1) is 0 Å². The second-order valence-corrected chi connectivity index (χ2v) is 6.12. The third-order valence-corrected chi connectivity index (χ3v) is 4.42. The zero-order valence-corrected chi connectivity index (χ0v) is 14.4. The number of nitrogens with one attached hydrogen (secondary N) is 2. The predicted molar refractivity (Wildman–Crippen MR) is 98.4 cm³/mol. The molecule has 2 N–H and O–H groups in total. The van der Waals surface area contributed by atoms with Crippen molar-refractivity contribution in [2.45, 2.75) is 12.6 Å². The molecule has 0 saturated heterocycles. The molecule has 0 fully saturated rings. The van der Waals surface area contributed by atoms with Crippen molar-refractivity contribution in [1.29, 1.82) is 0 Å². The zero-order chi connectivity index (χ0) is 17.9. The number of hydrogen-bond donors (Lipinski definition) is 2. The maximum absolute atomic E-state index is 12.2. The van der Waals surface area contributed by atoms with E-state index in [0.29, 0.717) is 25.4 Å². The zero-order valence-electron chi connectivity index (χ0n) is 14.4. The maximum atomic E-state index is 12.2. The Labute approximate surface area is 150 Å². The number of hydrogen-bond acceptors (Lipinski definition) is 4. The Morgan fingerprint density at radius 2 is 2.08 bits per heavy atom. The normalized spacial score (nSPS) is 16.1. The number of fused-ring (bicyclic) bond motifs is 3. The number of methoxy groups -OCH3 is 1. The number of para-hydroxylation sites is 2.